The first-order chi connectivity index (χ1) is 9.20. The maximum Gasteiger partial charge on any atom is 0.270 e. The Bertz CT molecular complexity index is 564. The molecule has 2 rings (SSSR count). The second kappa shape index (κ2) is 5.99. The Morgan fingerprint density at radius 2 is 2.26 bits per heavy atom. The Kier molecular flexibility index (Phi) is 4.12. The van der Waals surface area contributed by atoms with Gasteiger partial charge in [-0.15, -0.1) is 0 Å². The van der Waals surface area contributed by atoms with Gasteiger partial charge in [-0.2, -0.15) is 0 Å². The molecule has 0 aliphatic carbocycles. The van der Waals surface area contributed by atoms with Gasteiger partial charge in [0.25, 0.3) is 5.91 Å². The van der Waals surface area contributed by atoms with E-state index in [1.165, 1.54) is 0 Å². The fraction of sp³-hybridized carbons (Fsp3) is 0.308. The molecule has 0 radical (unpaired) electrons. The zero-order valence-electron chi connectivity index (χ0n) is 11.1. The summed E-state index contributed by atoms with van der Waals surface area (Å²) in [5.74, 6) is 1.30. The molecule has 2 heterocycles. The van der Waals surface area contributed by atoms with Gasteiger partial charge in [-0.1, -0.05) is 6.07 Å². The van der Waals surface area contributed by atoms with E-state index in [2.05, 4.69) is 20.6 Å². The lowest BCUT2D eigenvalue weighted by molar-refractivity contribution is 0.0944. The van der Waals surface area contributed by atoms with Gasteiger partial charge in [0, 0.05) is 26.0 Å². The third-order valence-electron chi connectivity index (χ3n) is 2.67. The van der Waals surface area contributed by atoms with Crippen LogP contribution in [0, 0.1) is 0 Å². The molecule has 0 aliphatic heterocycles. The van der Waals surface area contributed by atoms with Crippen molar-refractivity contribution < 1.29 is 4.79 Å². The summed E-state index contributed by atoms with van der Waals surface area (Å²) in [5, 5.41) is 5.87. The monoisotopic (exact) mass is 259 g/mol. The molecule has 100 valence electrons. The number of hydrogen-bond donors (Lipinski definition) is 2. The number of aromatic nitrogens is 3. The van der Waals surface area contributed by atoms with Crippen LogP contribution in [0.5, 0.6) is 0 Å². The molecule has 0 unspecified atom stereocenters. The Balaban J connectivity index is 2.00. The Morgan fingerprint density at radius 1 is 1.42 bits per heavy atom. The van der Waals surface area contributed by atoms with Crippen molar-refractivity contribution in [1.29, 1.82) is 0 Å². The number of rotatable bonds is 5. The zero-order valence-corrected chi connectivity index (χ0v) is 11.1. The highest BCUT2D eigenvalue weighted by molar-refractivity contribution is 5.92. The minimum absolute atomic E-state index is 0.206. The SMILES string of the molecule is CCNc1cccc(C(=O)NCc2nccn2C)n1. The molecule has 19 heavy (non-hydrogen) atoms. The first kappa shape index (κ1) is 13.1. The molecule has 0 saturated heterocycles. The largest absolute Gasteiger partial charge is 0.370 e. The van der Waals surface area contributed by atoms with E-state index in [0.717, 1.165) is 12.4 Å². The van der Waals surface area contributed by atoms with Crippen LogP contribution in [0.3, 0.4) is 0 Å². The number of pyridine rings is 1. The van der Waals surface area contributed by atoms with E-state index in [4.69, 9.17) is 0 Å². The number of anilines is 1. The molecular formula is C13H17N5O. The minimum atomic E-state index is -0.206. The molecular weight excluding hydrogens is 242 g/mol. The molecule has 1 amide bonds. The molecule has 6 nitrogen and oxygen atoms in total. The van der Waals surface area contributed by atoms with Crippen molar-refractivity contribution >= 4 is 11.7 Å². The van der Waals surface area contributed by atoms with Gasteiger partial charge >= 0.3 is 0 Å². The number of nitrogens with one attached hydrogen (secondary N) is 2. The topological polar surface area (TPSA) is 71.8 Å². The number of carbonyl (C=O) groups excluding carboxylic acids is 1. The highest BCUT2D eigenvalue weighted by Gasteiger charge is 2.08. The molecule has 0 saturated carbocycles. The van der Waals surface area contributed by atoms with E-state index in [1.807, 2.05) is 30.8 Å². The fourth-order valence-corrected chi connectivity index (χ4v) is 1.66. The van der Waals surface area contributed by atoms with E-state index in [1.54, 1.807) is 18.3 Å². The van der Waals surface area contributed by atoms with Crippen molar-refractivity contribution in [3.63, 3.8) is 0 Å². The Hall–Kier alpha value is -2.37. The third-order valence-corrected chi connectivity index (χ3v) is 2.67. The van der Waals surface area contributed by atoms with E-state index >= 15 is 0 Å². The van der Waals surface area contributed by atoms with Crippen LogP contribution in [0.4, 0.5) is 5.82 Å². The summed E-state index contributed by atoms with van der Waals surface area (Å²) in [6, 6.07) is 5.33. The number of nitrogens with zero attached hydrogens (tertiary/aromatic N) is 3. The van der Waals surface area contributed by atoms with Gasteiger partial charge in [0.05, 0.1) is 6.54 Å². The number of carbonyl (C=O) groups is 1. The number of amides is 1. The number of imidazole rings is 1. The van der Waals surface area contributed by atoms with Gasteiger partial charge in [0.15, 0.2) is 0 Å². The average Bonchev–Trinajstić information content (AvgIpc) is 2.82. The van der Waals surface area contributed by atoms with Crippen LogP contribution < -0.4 is 10.6 Å². The molecule has 0 aromatic carbocycles. The summed E-state index contributed by atoms with van der Waals surface area (Å²) in [5.41, 5.74) is 0.396. The molecule has 0 bridgehead atoms. The Labute approximate surface area is 111 Å². The standard InChI is InChI=1S/C13H17N5O/c1-3-14-11-6-4-5-10(17-11)13(19)16-9-12-15-7-8-18(12)2/h4-8H,3,9H2,1-2H3,(H,14,17)(H,16,19). The maximum atomic E-state index is 12.0. The average molecular weight is 259 g/mol. The van der Waals surface area contributed by atoms with Gasteiger partial charge in [-0.3, -0.25) is 4.79 Å². The summed E-state index contributed by atoms with van der Waals surface area (Å²) < 4.78 is 1.86. The number of aryl methyl sites for hydroxylation is 1. The predicted molar refractivity (Wildman–Crippen MR) is 72.8 cm³/mol. The van der Waals surface area contributed by atoms with Crippen LogP contribution in [-0.2, 0) is 13.6 Å². The van der Waals surface area contributed by atoms with Crippen molar-refractivity contribution in [2.75, 3.05) is 11.9 Å². The van der Waals surface area contributed by atoms with Crippen molar-refractivity contribution in [1.82, 2.24) is 19.9 Å². The van der Waals surface area contributed by atoms with Gasteiger partial charge < -0.3 is 15.2 Å². The van der Waals surface area contributed by atoms with Gasteiger partial charge in [-0.25, -0.2) is 9.97 Å². The van der Waals surface area contributed by atoms with Crippen LogP contribution in [0.15, 0.2) is 30.6 Å². The van der Waals surface area contributed by atoms with Crippen LogP contribution in [-0.4, -0.2) is 27.0 Å². The van der Waals surface area contributed by atoms with Crippen molar-refractivity contribution in [2.45, 2.75) is 13.5 Å². The quantitative estimate of drug-likeness (QED) is 0.845. The minimum Gasteiger partial charge on any atom is -0.370 e. The maximum absolute atomic E-state index is 12.0. The second-order valence-electron chi connectivity index (χ2n) is 4.08. The summed E-state index contributed by atoms with van der Waals surface area (Å²) in [6.07, 6.45) is 3.54. The summed E-state index contributed by atoms with van der Waals surface area (Å²) in [7, 11) is 1.89. The molecule has 2 aromatic rings. The van der Waals surface area contributed by atoms with Gasteiger partial charge in [0.1, 0.15) is 17.3 Å². The predicted octanol–water partition coefficient (Wildman–Crippen LogP) is 1.18. The molecule has 0 atom stereocenters. The van der Waals surface area contributed by atoms with E-state index in [0.29, 0.717) is 18.1 Å². The van der Waals surface area contributed by atoms with Gasteiger partial charge in [0.2, 0.25) is 0 Å². The van der Waals surface area contributed by atoms with Crippen molar-refractivity contribution in [2.24, 2.45) is 7.05 Å². The van der Waals surface area contributed by atoms with Crippen LogP contribution >= 0.6 is 0 Å². The van der Waals surface area contributed by atoms with E-state index in [9.17, 15) is 4.79 Å². The highest BCUT2D eigenvalue weighted by atomic mass is 16.1. The lowest BCUT2D eigenvalue weighted by Crippen LogP contribution is -2.25. The molecule has 6 heteroatoms. The van der Waals surface area contributed by atoms with Crippen LogP contribution in [0.2, 0.25) is 0 Å². The smallest absolute Gasteiger partial charge is 0.270 e. The fourth-order valence-electron chi connectivity index (χ4n) is 1.66. The molecule has 0 spiro atoms. The highest BCUT2D eigenvalue weighted by Crippen LogP contribution is 2.04. The molecule has 2 aromatic heterocycles. The van der Waals surface area contributed by atoms with E-state index in [-0.39, 0.29) is 5.91 Å². The lowest BCUT2D eigenvalue weighted by Gasteiger charge is -2.07. The zero-order chi connectivity index (χ0) is 13.7. The Morgan fingerprint density at radius 3 is 2.95 bits per heavy atom. The molecule has 0 aliphatic rings. The van der Waals surface area contributed by atoms with Gasteiger partial charge in [-0.05, 0) is 19.1 Å². The number of hydrogen-bond acceptors (Lipinski definition) is 4. The molecule has 2 N–H and O–H groups in total. The van der Waals surface area contributed by atoms with Crippen LogP contribution in [0.1, 0.15) is 23.2 Å². The summed E-state index contributed by atoms with van der Waals surface area (Å²) >= 11 is 0. The second-order valence-corrected chi connectivity index (χ2v) is 4.08. The normalized spacial score (nSPS) is 10.2. The first-order valence-corrected chi connectivity index (χ1v) is 6.16. The van der Waals surface area contributed by atoms with Crippen molar-refractivity contribution in [3.05, 3.63) is 42.1 Å². The lowest BCUT2D eigenvalue weighted by atomic mass is 10.3. The third kappa shape index (κ3) is 3.31. The first-order valence-electron chi connectivity index (χ1n) is 6.16. The summed E-state index contributed by atoms with van der Waals surface area (Å²) in [6.45, 7) is 3.14. The van der Waals surface area contributed by atoms with Crippen LogP contribution in [0.25, 0.3) is 0 Å². The van der Waals surface area contributed by atoms with E-state index < -0.39 is 0 Å². The summed E-state index contributed by atoms with van der Waals surface area (Å²) in [4.78, 5) is 20.3. The van der Waals surface area contributed by atoms with Crippen molar-refractivity contribution in [3.8, 4) is 0 Å². The molecule has 0 fully saturated rings.